The highest BCUT2D eigenvalue weighted by molar-refractivity contribution is 5.61. The van der Waals surface area contributed by atoms with E-state index in [0.29, 0.717) is 5.70 Å². The third kappa shape index (κ3) is 1.98. The molecular formula is C8H11N3. The Morgan fingerprint density at radius 2 is 1.91 bits per heavy atom. The zero-order valence-electron chi connectivity index (χ0n) is 6.12. The van der Waals surface area contributed by atoms with Crippen LogP contribution in [0.2, 0.25) is 0 Å². The fraction of sp³-hybridized carbons (Fsp3) is 0. The van der Waals surface area contributed by atoms with Gasteiger partial charge in [0.1, 0.15) is 0 Å². The molecule has 11 heavy (non-hydrogen) atoms. The van der Waals surface area contributed by atoms with Crippen molar-refractivity contribution < 1.29 is 0 Å². The molecule has 0 unspecified atom stereocenters. The first-order chi connectivity index (χ1) is 5.34. The van der Waals surface area contributed by atoms with Gasteiger partial charge in [0.05, 0.1) is 5.70 Å². The first-order valence-corrected chi connectivity index (χ1v) is 3.32. The second-order valence-electron chi connectivity index (χ2n) is 2.13. The molecule has 1 aromatic rings. The largest absolute Gasteiger partial charge is 0.397 e. The molecule has 0 aliphatic carbocycles. The summed E-state index contributed by atoms with van der Waals surface area (Å²) in [4.78, 5) is 0. The SMILES string of the molecule is NN/C=C(\N)c1ccccc1. The van der Waals surface area contributed by atoms with Gasteiger partial charge >= 0.3 is 0 Å². The summed E-state index contributed by atoms with van der Waals surface area (Å²) in [6.07, 6.45) is 1.55. The Morgan fingerprint density at radius 1 is 1.27 bits per heavy atom. The second kappa shape index (κ2) is 3.63. The summed E-state index contributed by atoms with van der Waals surface area (Å²) in [5.74, 6) is 5.06. The van der Waals surface area contributed by atoms with E-state index >= 15 is 0 Å². The van der Waals surface area contributed by atoms with Gasteiger partial charge in [0.15, 0.2) is 0 Å². The summed E-state index contributed by atoms with van der Waals surface area (Å²) in [6, 6.07) is 9.62. The summed E-state index contributed by atoms with van der Waals surface area (Å²) in [5.41, 5.74) is 9.60. The third-order valence-corrected chi connectivity index (χ3v) is 1.35. The molecule has 0 saturated heterocycles. The lowest BCUT2D eigenvalue weighted by Crippen LogP contribution is -2.16. The van der Waals surface area contributed by atoms with Gasteiger partial charge in [0, 0.05) is 6.20 Å². The molecule has 3 nitrogen and oxygen atoms in total. The van der Waals surface area contributed by atoms with Crippen LogP contribution in [0, 0.1) is 0 Å². The van der Waals surface area contributed by atoms with Crippen LogP contribution in [0.25, 0.3) is 5.70 Å². The third-order valence-electron chi connectivity index (χ3n) is 1.35. The Morgan fingerprint density at radius 3 is 2.45 bits per heavy atom. The molecule has 58 valence electrons. The van der Waals surface area contributed by atoms with E-state index in [-0.39, 0.29) is 0 Å². The van der Waals surface area contributed by atoms with E-state index in [0.717, 1.165) is 5.56 Å². The predicted octanol–water partition coefficient (Wildman–Crippen LogP) is 0.407. The maximum absolute atomic E-state index is 5.62. The summed E-state index contributed by atoms with van der Waals surface area (Å²) in [7, 11) is 0. The minimum Gasteiger partial charge on any atom is -0.397 e. The molecule has 0 saturated carbocycles. The van der Waals surface area contributed by atoms with Crippen LogP contribution in [0.3, 0.4) is 0 Å². The highest BCUT2D eigenvalue weighted by atomic mass is 15.2. The first-order valence-electron chi connectivity index (χ1n) is 3.32. The molecule has 5 N–H and O–H groups in total. The number of nitrogens with two attached hydrogens (primary N) is 2. The topological polar surface area (TPSA) is 64.1 Å². The van der Waals surface area contributed by atoms with Crippen LogP contribution in [-0.4, -0.2) is 0 Å². The van der Waals surface area contributed by atoms with E-state index in [1.165, 1.54) is 0 Å². The zero-order chi connectivity index (χ0) is 8.10. The second-order valence-corrected chi connectivity index (χ2v) is 2.13. The van der Waals surface area contributed by atoms with Crippen molar-refractivity contribution in [2.24, 2.45) is 11.6 Å². The van der Waals surface area contributed by atoms with Gasteiger partial charge in [-0.2, -0.15) is 0 Å². The first kappa shape index (κ1) is 7.63. The maximum Gasteiger partial charge on any atom is 0.0561 e. The van der Waals surface area contributed by atoms with Crippen LogP contribution in [0.15, 0.2) is 36.5 Å². The van der Waals surface area contributed by atoms with Gasteiger partial charge in [-0.05, 0) is 5.56 Å². The molecule has 0 aliphatic heterocycles. The molecule has 1 rings (SSSR count). The smallest absolute Gasteiger partial charge is 0.0561 e. The van der Waals surface area contributed by atoms with Crippen LogP contribution in [-0.2, 0) is 0 Å². The number of hydrazine groups is 1. The van der Waals surface area contributed by atoms with Gasteiger partial charge in [-0.15, -0.1) is 0 Å². The fourth-order valence-electron chi connectivity index (χ4n) is 0.804. The van der Waals surface area contributed by atoms with Crippen molar-refractivity contribution in [3.8, 4) is 0 Å². The van der Waals surface area contributed by atoms with E-state index < -0.39 is 0 Å². The van der Waals surface area contributed by atoms with Crippen molar-refractivity contribution in [2.75, 3.05) is 0 Å². The molecule has 0 fully saturated rings. The van der Waals surface area contributed by atoms with Gasteiger partial charge in [0.2, 0.25) is 0 Å². The van der Waals surface area contributed by atoms with Crippen molar-refractivity contribution in [3.05, 3.63) is 42.1 Å². The van der Waals surface area contributed by atoms with E-state index in [2.05, 4.69) is 5.43 Å². The summed E-state index contributed by atoms with van der Waals surface area (Å²) in [5, 5.41) is 0. The van der Waals surface area contributed by atoms with E-state index in [1.807, 2.05) is 30.3 Å². The van der Waals surface area contributed by atoms with Gasteiger partial charge < -0.3 is 11.2 Å². The Bertz CT molecular complexity index is 241. The lowest BCUT2D eigenvalue weighted by molar-refractivity contribution is 0.967. The predicted molar refractivity (Wildman–Crippen MR) is 45.9 cm³/mol. The lowest BCUT2D eigenvalue weighted by atomic mass is 10.2. The van der Waals surface area contributed by atoms with Gasteiger partial charge in [-0.25, -0.2) is 0 Å². The summed E-state index contributed by atoms with van der Waals surface area (Å²) >= 11 is 0. The quantitative estimate of drug-likeness (QED) is 0.421. The normalized spacial score (nSPS) is 11.2. The van der Waals surface area contributed by atoms with Crippen molar-refractivity contribution in [1.29, 1.82) is 0 Å². The molecule has 0 heterocycles. The van der Waals surface area contributed by atoms with Crippen LogP contribution >= 0.6 is 0 Å². The summed E-state index contributed by atoms with van der Waals surface area (Å²) in [6.45, 7) is 0. The minimum atomic E-state index is 0.633. The Hall–Kier alpha value is -1.48. The zero-order valence-corrected chi connectivity index (χ0v) is 6.12. The monoisotopic (exact) mass is 149 g/mol. The number of rotatable bonds is 2. The Kier molecular flexibility index (Phi) is 2.52. The molecular weight excluding hydrogens is 138 g/mol. The van der Waals surface area contributed by atoms with E-state index in [4.69, 9.17) is 11.6 Å². The standard InChI is InChI=1S/C8H11N3/c9-8(6-11-10)7-4-2-1-3-5-7/h1-6,11H,9-10H2/b8-6-. The highest BCUT2D eigenvalue weighted by Crippen LogP contribution is 2.05. The van der Waals surface area contributed by atoms with Gasteiger partial charge in [-0.1, -0.05) is 30.3 Å². The average molecular weight is 149 g/mol. The van der Waals surface area contributed by atoms with Crippen molar-refractivity contribution in [1.82, 2.24) is 5.43 Å². The molecule has 3 heteroatoms. The highest BCUT2D eigenvalue weighted by Gasteiger charge is 1.91. The molecule has 0 radical (unpaired) electrons. The van der Waals surface area contributed by atoms with Crippen molar-refractivity contribution in [2.45, 2.75) is 0 Å². The molecule has 0 spiro atoms. The molecule has 0 aromatic heterocycles. The average Bonchev–Trinajstić information content (AvgIpc) is 2.07. The Labute approximate surface area is 65.7 Å². The molecule has 1 aromatic carbocycles. The van der Waals surface area contributed by atoms with Crippen LogP contribution in [0.4, 0.5) is 0 Å². The number of benzene rings is 1. The Balaban J connectivity index is 2.85. The van der Waals surface area contributed by atoms with Crippen LogP contribution in [0.1, 0.15) is 5.56 Å². The van der Waals surface area contributed by atoms with Crippen molar-refractivity contribution in [3.63, 3.8) is 0 Å². The van der Waals surface area contributed by atoms with Gasteiger partial charge in [-0.3, -0.25) is 5.84 Å². The van der Waals surface area contributed by atoms with E-state index in [1.54, 1.807) is 6.20 Å². The molecule has 0 atom stereocenters. The van der Waals surface area contributed by atoms with Crippen molar-refractivity contribution >= 4 is 5.70 Å². The number of nitrogens with one attached hydrogen (secondary N) is 1. The van der Waals surface area contributed by atoms with E-state index in [9.17, 15) is 0 Å². The molecule has 0 amide bonds. The summed E-state index contributed by atoms with van der Waals surface area (Å²) < 4.78 is 0. The number of hydrogen-bond donors (Lipinski definition) is 3. The maximum atomic E-state index is 5.62. The molecule has 0 aliphatic rings. The fourth-order valence-corrected chi connectivity index (χ4v) is 0.804. The molecule has 0 bridgehead atoms. The van der Waals surface area contributed by atoms with Crippen LogP contribution in [0.5, 0.6) is 0 Å². The lowest BCUT2D eigenvalue weighted by Gasteiger charge is -1.99. The minimum absolute atomic E-state index is 0.633. The van der Waals surface area contributed by atoms with Crippen LogP contribution < -0.4 is 17.0 Å². The van der Waals surface area contributed by atoms with Gasteiger partial charge in [0.25, 0.3) is 0 Å². The number of hydrogen-bond acceptors (Lipinski definition) is 3.